The van der Waals surface area contributed by atoms with Gasteiger partial charge >= 0.3 is 0 Å². The zero-order valence-corrected chi connectivity index (χ0v) is 13.6. The second-order valence-electron chi connectivity index (χ2n) is 5.14. The lowest BCUT2D eigenvalue weighted by Gasteiger charge is -2.04. The van der Waals surface area contributed by atoms with Crippen molar-refractivity contribution in [2.75, 3.05) is 0 Å². The van der Waals surface area contributed by atoms with E-state index < -0.39 is 10.0 Å². The highest BCUT2D eigenvalue weighted by Crippen LogP contribution is 2.19. The summed E-state index contributed by atoms with van der Waals surface area (Å²) in [6.45, 7) is 0.156. The van der Waals surface area contributed by atoms with E-state index in [-0.39, 0.29) is 6.54 Å². The van der Waals surface area contributed by atoms with Crippen LogP contribution in [0.2, 0.25) is 0 Å². The molecule has 1 N–H and O–H groups in total. The van der Waals surface area contributed by atoms with Gasteiger partial charge in [0, 0.05) is 29.9 Å². The van der Waals surface area contributed by atoms with Crippen LogP contribution in [-0.2, 0) is 16.6 Å². The van der Waals surface area contributed by atoms with Crippen molar-refractivity contribution in [3.05, 3.63) is 83.7 Å². The quantitative estimate of drug-likeness (QED) is 0.746. The van der Waals surface area contributed by atoms with Gasteiger partial charge in [-0.15, -0.1) is 0 Å². The molecule has 0 radical (unpaired) electrons. The molecule has 0 saturated carbocycles. The molecule has 24 heavy (non-hydrogen) atoms. The van der Waals surface area contributed by atoms with Gasteiger partial charge in [-0.3, -0.25) is 4.98 Å². The van der Waals surface area contributed by atoms with Crippen LogP contribution >= 0.6 is 0 Å². The summed E-state index contributed by atoms with van der Waals surface area (Å²) < 4.78 is 32.0. The van der Waals surface area contributed by atoms with Crippen molar-refractivity contribution in [3.63, 3.8) is 0 Å². The van der Waals surface area contributed by atoms with E-state index in [9.17, 15) is 8.42 Å². The van der Waals surface area contributed by atoms with Crippen LogP contribution in [-0.4, -0.2) is 13.4 Å². The molecule has 3 rings (SSSR count). The Bertz CT molecular complexity index is 918. The number of benzene rings is 1. The number of rotatable bonds is 6. The van der Waals surface area contributed by atoms with Crippen LogP contribution in [0, 0.1) is 0 Å². The number of nitrogens with one attached hydrogen (secondary N) is 1. The van der Waals surface area contributed by atoms with Crippen molar-refractivity contribution in [1.29, 1.82) is 0 Å². The van der Waals surface area contributed by atoms with Crippen LogP contribution in [0.1, 0.15) is 11.1 Å². The maximum atomic E-state index is 12.1. The van der Waals surface area contributed by atoms with E-state index in [1.807, 2.05) is 42.5 Å². The minimum absolute atomic E-state index is 0.156. The van der Waals surface area contributed by atoms with E-state index in [0.29, 0.717) is 5.76 Å². The minimum atomic E-state index is -3.53. The summed E-state index contributed by atoms with van der Waals surface area (Å²) in [6.07, 6.45) is 6.43. The minimum Gasteiger partial charge on any atom is -0.464 e. The molecule has 0 spiro atoms. The van der Waals surface area contributed by atoms with E-state index in [0.717, 1.165) is 22.1 Å². The zero-order valence-electron chi connectivity index (χ0n) is 12.8. The fourth-order valence-electron chi connectivity index (χ4n) is 2.13. The Labute approximate surface area is 140 Å². The molecule has 1 aromatic carbocycles. The number of pyridine rings is 1. The summed E-state index contributed by atoms with van der Waals surface area (Å²) in [5, 5.41) is 1.16. The van der Waals surface area contributed by atoms with Crippen LogP contribution in [0.3, 0.4) is 0 Å². The third-order valence-electron chi connectivity index (χ3n) is 3.32. The predicted octanol–water partition coefficient (Wildman–Crippen LogP) is 3.43. The number of sulfonamides is 1. The number of nitrogens with zero attached hydrogens (tertiary/aromatic N) is 1. The molecule has 0 saturated heterocycles. The largest absolute Gasteiger partial charge is 0.464 e. The molecule has 0 aliphatic rings. The fourth-order valence-corrected chi connectivity index (χ4v) is 2.93. The molecule has 2 aromatic heterocycles. The summed E-state index contributed by atoms with van der Waals surface area (Å²) in [4.78, 5) is 4.12. The Hall–Kier alpha value is -2.70. The van der Waals surface area contributed by atoms with Crippen LogP contribution in [0.15, 0.2) is 77.0 Å². The second-order valence-corrected chi connectivity index (χ2v) is 6.79. The van der Waals surface area contributed by atoms with Gasteiger partial charge in [0.05, 0.1) is 6.26 Å². The molecule has 0 aliphatic heterocycles. The van der Waals surface area contributed by atoms with Crippen molar-refractivity contribution in [2.24, 2.45) is 0 Å². The molecule has 3 aromatic rings. The second kappa shape index (κ2) is 7.25. The number of hydrogen-bond acceptors (Lipinski definition) is 4. The van der Waals surface area contributed by atoms with E-state index >= 15 is 0 Å². The van der Waals surface area contributed by atoms with Gasteiger partial charge < -0.3 is 4.42 Å². The van der Waals surface area contributed by atoms with Crippen molar-refractivity contribution in [2.45, 2.75) is 6.54 Å². The molecule has 122 valence electrons. The van der Waals surface area contributed by atoms with E-state index in [2.05, 4.69) is 9.71 Å². The first-order valence-electron chi connectivity index (χ1n) is 7.33. The molecule has 6 heteroatoms. The highest BCUT2D eigenvalue weighted by molar-refractivity contribution is 7.92. The first-order valence-corrected chi connectivity index (χ1v) is 8.88. The molecular formula is C18H16N2O3S. The van der Waals surface area contributed by atoms with Gasteiger partial charge in [-0.1, -0.05) is 30.3 Å². The lowest BCUT2D eigenvalue weighted by molar-refractivity contribution is 0.582. The highest BCUT2D eigenvalue weighted by atomic mass is 32.2. The SMILES string of the molecule is O=S(=O)(/C=C/c1ccccc1)NCc1cncc(-c2ccco2)c1. The molecule has 2 heterocycles. The van der Waals surface area contributed by atoms with Gasteiger partial charge in [-0.05, 0) is 35.4 Å². The molecule has 0 aliphatic carbocycles. The normalized spacial score (nSPS) is 11.8. The molecule has 5 nitrogen and oxygen atoms in total. The summed E-state index contributed by atoms with van der Waals surface area (Å²) in [5.74, 6) is 0.691. The Morgan fingerprint density at radius 1 is 1.08 bits per heavy atom. The standard InChI is InChI=1S/C18H16N2O3S/c21-24(22,10-8-15-5-2-1-3-6-15)20-13-16-11-17(14-19-12-16)18-7-4-9-23-18/h1-12,14,20H,13H2/b10-8+. The van der Waals surface area contributed by atoms with Gasteiger partial charge in [0.1, 0.15) is 5.76 Å². The van der Waals surface area contributed by atoms with E-state index in [1.54, 1.807) is 30.8 Å². The lowest BCUT2D eigenvalue weighted by atomic mass is 10.2. The highest BCUT2D eigenvalue weighted by Gasteiger charge is 2.07. The fraction of sp³-hybridized carbons (Fsp3) is 0.0556. The average molecular weight is 340 g/mol. The number of aromatic nitrogens is 1. The van der Waals surface area contributed by atoms with Crippen molar-refractivity contribution in [3.8, 4) is 11.3 Å². The van der Waals surface area contributed by atoms with Gasteiger partial charge in [0.2, 0.25) is 10.0 Å². The summed E-state index contributed by atoms with van der Waals surface area (Å²) >= 11 is 0. The smallest absolute Gasteiger partial charge is 0.234 e. The predicted molar refractivity (Wildman–Crippen MR) is 93.2 cm³/mol. The lowest BCUT2D eigenvalue weighted by Crippen LogP contribution is -2.20. The van der Waals surface area contributed by atoms with Gasteiger partial charge in [-0.25, -0.2) is 13.1 Å². The first kappa shape index (κ1) is 16.2. The zero-order chi connectivity index (χ0) is 16.8. The molecule has 0 atom stereocenters. The Morgan fingerprint density at radius 3 is 2.67 bits per heavy atom. The van der Waals surface area contributed by atoms with Crippen molar-refractivity contribution in [1.82, 2.24) is 9.71 Å². The molecular weight excluding hydrogens is 324 g/mol. The van der Waals surface area contributed by atoms with Crippen molar-refractivity contribution >= 4 is 16.1 Å². The molecule has 0 amide bonds. The Kier molecular flexibility index (Phi) is 4.88. The molecule has 0 bridgehead atoms. The third kappa shape index (κ3) is 4.41. The van der Waals surface area contributed by atoms with Crippen LogP contribution in [0.4, 0.5) is 0 Å². The molecule has 0 fully saturated rings. The van der Waals surface area contributed by atoms with Gasteiger partial charge in [0.25, 0.3) is 0 Å². The Morgan fingerprint density at radius 2 is 1.92 bits per heavy atom. The average Bonchev–Trinajstić information content (AvgIpc) is 3.14. The maximum Gasteiger partial charge on any atom is 0.234 e. The van der Waals surface area contributed by atoms with Crippen LogP contribution < -0.4 is 4.72 Å². The topological polar surface area (TPSA) is 72.2 Å². The number of hydrogen-bond donors (Lipinski definition) is 1. The molecule has 0 unspecified atom stereocenters. The van der Waals surface area contributed by atoms with Crippen LogP contribution in [0.5, 0.6) is 0 Å². The van der Waals surface area contributed by atoms with E-state index in [4.69, 9.17) is 4.42 Å². The summed E-state index contributed by atoms with van der Waals surface area (Å²) in [6, 6.07) is 14.7. The van der Waals surface area contributed by atoms with Gasteiger partial charge in [0.15, 0.2) is 0 Å². The van der Waals surface area contributed by atoms with Crippen molar-refractivity contribution < 1.29 is 12.8 Å². The Balaban J connectivity index is 1.67. The first-order chi connectivity index (χ1) is 11.6. The monoisotopic (exact) mass is 340 g/mol. The summed E-state index contributed by atoms with van der Waals surface area (Å²) in [7, 11) is -3.53. The van der Waals surface area contributed by atoms with Gasteiger partial charge in [-0.2, -0.15) is 0 Å². The third-order valence-corrected chi connectivity index (χ3v) is 4.36. The maximum absolute atomic E-state index is 12.1. The summed E-state index contributed by atoms with van der Waals surface area (Å²) in [5.41, 5.74) is 2.38. The van der Waals surface area contributed by atoms with Crippen LogP contribution in [0.25, 0.3) is 17.4 Å². The number of furan rings is 1. The van der Waals surface area contributed by atoms with E-state index in [1.165, 1.54) is 0 Å².